The summed E-state index contributed by atoms with van der Waals surface area (Å²) in [6, 6.07) is 0. The van der Waals surface area contributed by atoms with Crippen molar-refractivity contribution in [3.8, 4) is 0 Å². The van der Waals surface area contributed by atoms with E-state index in [-0.39, 0.29) is 0 Å². The lowest BCUT2D eigenvalue weighted by Crippen LogP contribution is -1.89. The lowest BCUT2D eigenvalue weighted by atomic mass is 10.5. The van der Waals surface area contributed by atoms with E-state index in [4.69, 9.17) is 0 Å². The molecule has 0 rings (SSSR count). The van der Waals surface area contributed by atoms with Gasteiger partial charge in [-0.25, -0.2) is 0 Å². The summed E-state index contributed by atoms with van der Waals surface area (Å²) in [5.74, 6) is 0. The summed E-state index contributed by atoms with van der Waals surface area (Å²) >= 11 is 0. The van der Waals surface area contributed by atoms with E-state index in [1.807, 2.05) is 0 Å². The lowest BCUT2D eigenvalue weighted by Gasteiger charge is -1.76. The van der Waals surface area contributed by atoms with Crippen LogP contribution in [0.2, 0.25) is 0 Å². The van der Waals surface area contributed by atoms with Gasteiger partial charge in [0.2, 0.25) is 0 Å². The van der Waals surface area contributed by atoms with E-state index in [0.29, 0.717) is 6.29 Å². The van der Waals surface area contributed by atoms with Crippen molar-refractivity contribution in [3.63, 3.8) is 0 Å². The number of allylic oxidation sites excluding steroid dienone is 2. The zero-order valence-corrected chi connectivity index (χ0v) is 5.29. The van der Waals surface area contributed by atoms with Crippen LogP contribution in [0.3, 0.4) is 0 Å². The van der Waals surface area contributed by atoms with E-state index in [1.54, 1.807) is 25.4 Å². The third-order valence-electron chi connectivity index (χ3n) is 0.620. The van der Waals surface area contributed by atoms with Gasteiger partial charge in [-0.3, -0.25) is 4.79 Å². The summed E-state index contributed by atoms with van der Waals surface area (Å²) in [6.45, 7) is 0. The van der Waals surface area contributed by atoms with Gasteiger partial charge in [-0.2, -0.15) is 0 Å². The molecule has 2 nitrogen and oxygen atoms in total. The Morgan fingerprint density at radius 2 is 2.22 bits per heavy atom. The van der Waals surface area contributed by atoms with Crippen LogP contribution in [-0.4, -0.2) is 13.3 Å². The Morgan fingerprint density at radius 1 is 1.44 bits per heavy atom. The second-order valence-electron chi connectivity index (χ2n) is 1.28. The third-order valence-corrected chi connectivity index (χ3v) is 0.620. The first kappa shape index (κ1) is 7.73. The molecule has 2 heteroatoms. The Bertz CT molecular complexity index is 152. The SMILES string of the molecule is CNC=CC=C=CC=O. The summed E-state index contributed by atoms with van der Waals surface area (Å²) in [5.41, 5.74) is 2.62. The smallest absolute Gasteiger partial charge is 0.150 e. The quantitative estimate of drug-likeness (QED) is 0.258. The Morgan fingerprint density at radius 3 is 2.78 bits per heavy atom. The molecule has 1 N–H and O–H groups in total. The van der Waals surface area contributed by atoms with Crippen molar-refractivity contribution < 1.29 is 4.79 Å². The van der Waals surface area contributed by atoms with Crippen LogP contribution in [0.5, 0.6) is 0 Å². The molecule has 0 atom stereocenters. The van der Waals surface area contributed by atoms with Gasteiger partial charge in [0.25, 0.3) is 0 Å². The van der Waals surface area contributed by atoms with Gasteiger partial charge in [-0.1, -0.05) is 0 Å². The molecule has 0 aliphatic rings. The van der Waals surface area contributed by atoms with Gasteiger partial charge in [0.1, 0.15) is 0 Å². The topological polar surface area (TPSA) is 29.1 Å². The van der Waals surface area contributed by atoms with Crippen LogP contribution < -0.4 is 5.32 Å². The molecule has 0 fully saturated rings. The maximum atomic E-state index is 9.66. The zero-order chi connectivity index (χ0) is 6.95. The Kier molecular flexibility index (Phi) is 5.78. The molecule has 0 aromatic rings. The van der Waals surface area contributed by atoms with Gasteiger partial charge in [0.15, 0.2) is 6.29 Å². The number of rotatable bonds is 3. The van der Waals surface area contributed by atoms with Crippen LogP contribution in [0, 0.1) is 0 Å². The van der Waals surface area contributed by atoms with E-state index in [1.165, 1.54) is 6.08 Å². The Balaban J connectivity index is 3.58. The van der Waals surface area contributed by atoms with Crippen LogP contribution in [0.25, 0.3) is 0 Å². The van der Waals surface area contributed by atoms with Crippen molar-refractivity contribution in [1.82, 2.24) is 5.32 Å². The molecule has 0 saturated carbocycles. The molecule has 0 aliphatic heterocycles. The van der Waals surface area contributed by atoms with Gasteiger partial charge >= 0.3 is 0 Å². The molecule has 9 heavy (non-hydrogen) atoms. The predicted molar refractivity (Wildman–Crippen MR) is 36.9 cm³/mol. The molecule has 0 saturated heterocycles. The average molecular weight is 123 g/mol. The molecule has 0 bridgehead atoms. The third kappa shape index (κ3) is 6.73. The number of hydrogen-bond donors (Lipinski definition) is 1. The molecule has 0 aromatic heterocycles. The number of carbonyl (C=O) groups is 1. The van der Waals surface area contributed by atoms with Crippen LogP contribution >= 0.6 is 0 Å². The van der Waals surface area contributed by atoms with E-state index in [2.05, 4.69) is 11.0 Å². The van der Waals surface area contributed by atoms with Gasteiger partial charge in [0, 0.05) is 13.1 Å². The van der Waals surface area contributed by atoms with Crippen molar-refractivity contribution in [3.05, 3.63) is 30.2 Å². The number of carbonyl (C=O) groups excluding carboxylic acids is 1. The number of aldehydes is 1. The number of nitrogens with one attached hydrogen (secondary N) is 1. The van der Waals surface area contributed by atoms with Gasteiger partial charge in [-0.05, 0) is 18.4 Å². The predicted octanol–water partition coefficient (Wildman–Crippen LogP) is 0.630. The molecule has 0 aliphatic carbocycles. The highest BCUT2D eigenvalue weighted by molar-refractivity contribution is 5.64. The highest BCUT2D eigenvalue weighted by atomic mass is 16.1. The fourth-order valence-corrected chi connectivity index (χ4v) is 0.295. The normalized spacial score (nSPS) is 8.11. The molecule has 0 aromatic carbocycles. The van der Waals surface area contributed by atoms with Crippen LogP contribution in [-0.2, 0) is 4.79 Å². The number of hydrogen-bond acceptors (Lipinski definition) is 2. The average Bonchev–Trinajstić information content (AvgIpc) is 1.89. The highest BCUT2D eigenvalue weighted by Crippen LogP contribution is 1.67. The lowest BCUT2D eigenvalue weighted by molar-refractivity contribution is -0.104. The van der Waals surface area contributed by atoms with E-state index < -0.39 is 0 Å². The molecule has 0 radical (unpaired) electrons. The van der Waals surface area contributed by atoms with Gasteiger partial charge < -0.3 is 5.32 Å². The molecule has 0 heterocycles. The summed E-state index contributed by atoms with van der Waals surface area (Å²) in [5, 5.41) is 2.79. The van der Waals surface area contributed by atoms with Crippen molar-refractivity contribution >= 4 is 6.29 Å². The van der Waals surface area contributed by atoms with E-state index in [9.17, 15) is 4.79 Å². The van der Waals surface area contributed by atoms with Crippen LogP contribution in [0.15, 0.2) is 30.2 Å². The summed E-state index contributed by atoms with van der Waals surface area (Å²) < 4.78 is 0. The molecule has 0 amide bonds. The standard InChI is InChI=1S/C7H9NO/c1-8-6-4-2-3-5-7-9/h2,4-8H,1H3. The molecule has 48 valence electrons. The van der Waals surface area contributed by atoms with Crippen molar-refractivity contribution in [2.24, 2.45) is 0 Å². The zero-order valence-electron chi connectivity index (χ0n) is 5.29. The fraction of sp³-hybridized carbons (Fsp3) is 0.143. The maximum Gasteiger partial charge on any atom is 0.150 e. The molecular formula is C7H9NO. The van der Waals surface area contributed by atoms with Crippen molar-refractivity contribution in [2.45, 2.75) is 0 Å². The minimum atomic E-state index is 0.684. The van der Waals surface area contributed by atoms with Gasteiger partial charge in [-0.15, -0.1) is 5.73 Å². The highest BCUT2D eigenvalue weighted by Gasteiger charge is 1.56. The minimum Gasteiger partial charge on any atom is -0.394 e. The summed E-state index contributed by atoms with van der Waals surface area (Å²) in [4.78, 5) is 9.66. The fourth-order valence-electron chi connectivity index (χ4n) is 0.295. The Hall–Kier alpha value is -1.27. The van der Waals surface area contributed by atoms with E-state index in [0.717, 1.165) is 0 Å². The second-order valence-corrected chi connectivity index (χ2v) is 1.28. The van der Waals surface area contributed by atoms with Gasteiger partial charge in [0.05, 0.1) is 0 Å². The molecule has 0 unspecified atom stereocenters. The monoisotopic (exact) mass is 123 g/mol. The van der Waals surface area contributed by atoms with Crippen molar-refractivity contribution in [2.75, 3.05) is 7.05 Å². The van der Waals surface area contributed by atoms with E-state index >= 15 is 0 Å². The first-order valence-corrected chi connectivity index (χ1v) is 2.60. The largest absolute Gasteiger partial charge is 0.394 e. The maximum absolute atomic E-state index is 9.66. The van der Waals surface area contributed by atoms with Crippen molar-refractivity contribution in [1.29, 1.82) is 0 Å². The van der Waals surface area contributed by atoms with Crippen LogP contribution in [0.4, 0.5) is 0 Å². The first-order valence-electron chi connectivity index (χ1n) is 2.60. The Labute approximate surface area is 54.6 Å². The molecular weight excluding hydrogens is 114 g/mol. The first-order chi connectivity index (χ1) is 4.41. The second kappa shape index (κ2) is 6.73. The summed E-state index contributed by atoms with van der Waals surface area (Å²) in [6.07, 6.45) is 7.13. The van der Waals surface area contributed by atoms with Crippen LogP contribution in [0.1, 0.15) is 0 Å². The molecule has 0 spiro atoms. The summed E-state index contributed by atoms with van der Waals surface area (Å²) in [7, 11) is 1.80. The minimum absolute atomic E-state index is 0.684.